The summed E-state index contributed by atoms with van der Waals surface area (Å²) in [7, 11) is 0. The van der Waals surface area contributed by atoms with E-state index in [4.69, 9.17) is 0 Å². The number of hydrogen-bond donors (Lipinski definition) is 0. The molecule has 1 aliphatic rings. The zero-order chi connectivity index (χ0) is 11.5. The van der Waals surface area contributed by atoms with Crippen molar-refractivity contribution < 1.29 is 4.39 Å². The number of benzene rings is 1. The van der Waals surface area contributed by atoms with Gasteiger partial charge in [-0.05, 0) is 61.8 Å². The van der Waals surface area contributed by atoms with E-state index in [2.05, 4.69) is 31.9 Å². The molecule has 2 rings (SSSR count). The van der Waals surface area contributed by atoms with E-state index < -0.39 is 0 Å². The number of halogens is 3. The van der Waals surface area contributed by atoms with Gasteiger partial charge in [0.2, 0.25) is 0 Å². The highest BCUT2D eigenvalue weighted by Gasteiger charge is 2.28. The van der Waals surface area contributed by atoms with Crippen molar-refractivity contribution in [3.8, 4) is 0 Å². The summed E-state index contributed by atoms with van der Waals surface area (Å²) in [5.41, 5.74) is 0.824. The van der Waals surface area contributed by atoms with E-state index in [1.54, 1.807) is 6.07 Å². The maximum absolute atomic E-state index is 13.4. The molecule has 0 aliphatic heterocycles. The highest BCUT2D eigenvalue weighted by Crippen LogP contribution is 2.38. The predicted octanol–water partition coefficient (Wildman–Crippen LogP) is 5.08. The van der Waals surface area contributed by atoms with E-state index in [0.717, 1.165) is 35.2 Å². The first-order chi connectivity index (χ1) is 7.66. The summed E-state index contributed by atoms with van der Waals surface area (Å²) in [6.45, 7) is 0. The number of aryl methyl sites for hydroxylation is 1. The maximum atomic E-state index is 13.4. The van der Waals surface area contributed by atoms with Gasteiger partial charge in [-0.2, -0.15) is 0 Å². The minimum absolute atomic E-state index is 0.0826. The first-order valence-electron chi connectivity index (χ1n) is 5.75. The van der Waals surface area contributed by atoms with Gasteiger partial charge in [0.15, 0.2) is 0 Å². The Morgan fingerprint density at radius 1 is 1.38 bits per heavy atom. The zero-order valence-corrected chi connectivity index (χ0v) is 12.2. The normalized spacial score (nSPS) is 17.4. The van der Waals surface area contributed by atoms with Gasteiger partial charge in [-0.25, -0.2) is 4.39 Å². The van der Waals surface area contributed by atoms with Gasteiger partial charge in [0.1, 0.15) is 5.82 Å². The second-order valence-electron chi connectivity index (χ2n) is 4.48. The summed E-state index contributed by atoms with van der Waals surface area (Å²) in [5, 5.41) is 0. The van der Waals surface area contributed by atoms with Crippen molar-refractivity contribution in [2.75, 3.05) is 0 Å². The molecule has 0 radical (unpaired) electrons. The lowest BCUT2D eigenvalue weighted by molar-refractivity contribution is 0.592. The van der Waals surface area contributed by atoms with Crippen molar-refractivity contribution in [2.45, 2.75) is 36.9 Å². The molecule has 0 bridgehead atoms. The minimum atomic E-state index is -0.0826. The Bertz CT molecular complexity index is 361. The molecule has 0 heterocycles. The third kappa shape index (κ3) is 3.56. The molecular formula is C13H15Br2F. The van der Waals surface area contributed by atoms with E-state index in [-0.39, 0.29) is 5.82 Å². The second-order valence-corrected chi connectivity index (χ2v) is 6.57. The Hall–Kier alpha value is 0.110. The second kappa shape index (κ2) is 5.63. The van der Waals surface area contributed by atoms with Crippen LogP contribution in [0, 0.1) is 11.7 Å². The van der Waals surface area contributed by atoms with Gasteiger partial charge < -0.3 is 0 Å². The van der Waals surface area contributed by atoms with Crippen molar-refractivity contribution in [2.24, 2.45) is 5.92 Å². The zero-order valence-electron chi connectivity index (χ0n) is 9.06. The summed E-state index contributed by atoms with van der Waals surface area (Å²) in [6.07, 6.45) is 5.76. The largest absolute Gasteiger partial charge is 0.207 e. The molecule has 0 spiro atoms. The number of hydrogen-bond acceptors (Lipinski definition) is 0. The molecular weight excluding hydrogens is 335 g/mol. The van der Waals surface area contributed by atoms with Crippen LogP contribution in [0.3, 0.4) is 0 Å². The van der Waals surface area contributed by atoms with E-state index in [0.29, 0.717) is 4.83 Å². The van der Waals surface area contributed by atoms with Gasteiger partial charge in [0.25, 0.3) is 0 Å². The first-order valence-corrected chi connectivity index (χ1v) is 7.45. The fourth-order valence-corrected chi connectivity index (χ4v) is 3.18. The molecule has 0 nitrogen and oxygen atoms in total. The first kappa shape index (κ1) is 12.6. The lowest BCUT2D eigenvalue weighted by atomic mass is 10.1. The summed E-state index contributed by atoms with van der Waals surface area (Å²) in [6, 6.07) is 5.16. The Balaban J connectivity index is 1.81. The smallest absolute Gasteiger partial charge is 0.126 e. The summed E-state index contributed by atoms with van der Waals surface area (Å²) < 4.78 is 14.4. The molecule has 16 heavy (non-hydrogen) atoms. The molecule has 0 amide bonds. The van der Waals surface area contributed by atoms with E-state index in [1.165, 1.54) is 18.9 Å². The SMILES string of the molecule is Fc1ccc(Br)cc1CCCC(Br)C1CC1. The third-order valence-corrected chi connectivity index (χ3v) is 4.77. The van der Waals surface area contributed by atoms with Crippen molar-refractivity contribution >= 4 is 31.9 Å². The molecule has 1 atom stereocenters. The monoisotopic (exact) mass is 348 g/mol. The lowest BCUT2D eigenvalue weighted by Gasteiger charge is -2.08. The van der Waals surface area contributed by atoms with Crippen LogP contribution in [-0.4, -0.2) is 4.83 Å². The third-order valence-electron chi connectivity index (χ3n) is 3.07. The standard InChI is InChI=1S/C13H15Br2F/c14-11-6-7-13(16)10(8-11)2-1-3-12(15)9-4-5-9/h6-9,12H,1-5H2. The molecule has 0 saturated heterocycles. The Morgan fingerprint density at radius 2 is 2.12 bits per heavy atom. The average molecular weight is 350 g/mol. The molecule has 88 valence electrons. The highest BCUT2D eigenvalue weighted by atomic mass is 79.9. The van der Waals surface area contributed by atoms with Crippen LogP contribution in [0.2, 0.25) is 0 Å². The van der Waals surface area contributed by atoms with Crippen LogP contribution >= 0.6 is 31.9 Å². The van der Waals surface area contributed by atoms with Crippen LogP contribution < -0.4 is 0 Å². The molecule has 0 aromatic heterocycles. The number of rotatable bonds is 5. The molecule has 0 N–H and O–H groups in total. The van der Waals surface area contributed by atoms with Gasteiger partial charge in [-0.3, -0.25) is 0 Å². The topological polar surface area (TPSA) is 0 Å². The number of alkyl halides is 1. The van der Waals surface area contributed by atoms with Crippen LogP contribution in [-0.2, 0) is 6.42 Å². The van der Waals surface area contributed by atoms with E-state index in [1.807, 2.05) is 6.07 Å². The van der Waals surface area contributed by atoms with Crippen LogP contribution in [0.5, 0.6) is 0 Å². The van der Waals surface area contributed by atoms with Crippen LogP contribution in [0.15, 0.2) is 22.7 Å². The summed E-state index contributed by atoms with van der Waals surface area (Å²) >= 11 is 7.08. The van der Waals surface area contributed by atoms with Gasteiger partial charge in [-0.15, -0.1) is 0 Å². The van der Waals surface area contributed by atoms with Gasteiger partial charge in [-0.1, -0.05) is 31.9 Å². The Kier molecular flexibility index (Phi) is 4.42. The summed E-state index contributed by atoms with van der Waals surface area (Å²) in [4.78, 5) is 0.641. The summed E-state index contributed by atoms with van der Waals surface area (Å²) in [5.74, 6) is 0.799. The lowest BCUT2D eigenvalue weighted by Crippen LogP contribution is -2.01. The molecule has 1 aromatic rings. The molecule has 1 saturated carbocycles. The van der Waals surface area contributed by atoms with E-state index in [9.17, 15) is 4.39 Å². The van der Waals surface area contributed by atoms with Gasteiger partial charge in [0.05, 0.1) is 0 Å². The molecule has 1 aromatic carbocycles. The predicted molar refractivity (Wildman–Crippen MR) is 72.5 cm³/mol. The molecule has 3 heteroatoms. The fraction of sp³-hybridized carbons (Fsp3) is 0.538. The molecule has 1 unspecified atom stereocenters. The van der Waals surface area contributed by atoms with Crippen molar-refractivity contribution in [3.63, 3.8) is 0 Å². The highest BCUT2D eigenvalue weighted by molar-refractivity contribution is 9.10. The van der Waals surface area contributed by atoms with Gasteiger partial charge >= 0.3 is 0 Å². The van der Waals surface area contributed by atoms with Crippen LogP contribution in [0.1, 0.15) is 31.2 Å². The quantitative estimate of drug-likeness (QED) is 0.650. The van der Waals surface area contributed by atoms with Crippen molar-refractivity contribution in [1.29, 1.82) is 0 Å². The average Bonchev–Trinajstić information content (AvgIpc) is 3.06. The maximum Gasteiger partial charge on any atom is 0.126 e. The molecule has 1 aliphatic carbocycles. The van der Waals surface area contributed by atoms with Gasteiger partial charge in [0, 0.05) is 9.30 Å². The van der Waals surface area contributed by atoms with Crippen LogP contribution in [0.4, 0.5) is 4.39 Å². The Labute approximate surface area is 113 Å². The Morgan fingerprint density at radius 3 is 2.81 bits per heavy atom. The van der Waals surface area contributed by atoms with Crippen molar-refractivity contribution in [1.82, 2.24) is 0 Å². The minimum Gasteiger partial charge on any atom is -0.207 e. The van der Waals surface area contributed by atoms with Crippen molar-refractivity contribution in [3.05, 3.63) is 34.1 Å². The van der Waals surface area contributed by atoms with Crippen LogP contribution in [0.25, 0.3) is 0 Å². The fourth-order valence-electron chi connectivity index (χ4n) is 1.92. The van der Waals surface area contributed by atoms with E-state index >= 15 is 0 Å². The molecule has 1 fully saturated rings.